The maximum absolute atomic E-state index is 12.3. The topological polar surface area (TPSA) is 49.4 Å². The monoisotopic (exact) mass is 388 g/mol. The zero-order valence-electron chi connectivity index (χ0n) is 14.1. The fraction of sp³-hybridized carbons (Fsp3) is 0.263. The number of carbonyl (C=O) groups is 2. The Bertz CT molecular complexity index is 740. The molecule has 0 aliphatic rings. The van der Waals surface area contributed by atoms with Crippen molar-refractivity contribution in [2.45, 2.75) is 19.8 Å². The molecule has 0 saturated heterocycles. The van der Waals surface area contributed by atoms with Gasteiger partial charge in [0, 0.05) is 36.2 Å². The van der Waals surface area contributed by atoms with Crippen LogP contribution in [0, 0.1) is 6.92 Å². The summed E-state index contributed by atoms with van der Waals surface area (Å²) in [5.74, 6) is -0.0384. The summed E-state index contributed by atoms with van der Waals surface area (Å²) in [6.07, 6.45) is 1.17. The lowest BCUT2D eigenvalue weighted by Crippen LogP contribution is -2.21. The van der Waals surface area contributed by atoms with Crippen molar-refractivity contribution < 1.29 is 9.59 Å². The van der Waals surface area contributed by atoms with E-state index in [-0.39, 0.29) is 11.8 Å². The number of aryl methyl sites for hydroxylation is 2. The minimum Gasteiger partial charge on any atom is -0.349 e. The molecule has 0 aliphatic carbocycles. The summed E-state index contributed by atoms with van der Waals surface area (Å²) >= 11 is 3.44. The standard InChI is InChI=1S/C19H21BrN2O2/c1-13-4-8-15(12-17(13)20)19(24)21-16-9-5-14(6-10-16)7-11-18(23)22(2)3/h4-6,8-10,12H,7,11H2,1-3H3,(H,21,24). The van der Waals surface area contributed by atoms with E-state index < -0.39 is 0 Å². The smallest absolute Gasteiger partial charge is 0.255 e. The van der Waals surface area contributed by atoms with E-state index in [0.29, 0.717) is 18.4 Å². The Kier molecular flexibility index (Phi) is 6.15. The fourth-order valence-corrected chi connectivity index (χ4v) is 2.55. The molecule has 24 heavy (non-hydrogen) atoms. The fourth-order valence-electron chi connectivity index (χ4n) is 2.17. The van der Waals surface area contributed by atoms with Gasteiger partial charge in [0.15, 0.2) is 0 Å². The van der Waals surface area contributed by atoms with Gasteiger partial charge in [0.25, 0.3) is 5.91 Å². The van der Waals surface area contributed by atoms with Crippen LogP contribution in [0.5, 0.6) is 0 Å². The number of carbonyl (C=O) groups excluding carboxylic acids is 2. The normalized spacial score (nSPS) is 10.3. The highest BCUT2D eigenvalue weighted by Gasteiger charge is 2.08. The Balaban J connectivity index is 1.97. The Labute approximate surface area is 151 Å². The van der Waals surface area contributed by atoms with Crippen LogP contribution in [-0.4, -0.2) is 30.8 Å². The van der Waals surface area contributed by atoms with Crippen molar-refractivity contribution in [2.24, 2.45) is 0 Å². The molecular formula is C19H21BrN2O2. The lowest BCUT2D eigenvalue weighted by atomic mass is 10.1. The number of benzene rings is 2. The van der Waals surface area contributed by atoms with Gasteiger partial charge in [-0.25, -0.2) is 0 Å². The molecule has 0 atom stereocenters. The van der Waals surface area contributed by atoms with E-state index in [9.17, 15) is 9.59 Å². The first-order valence-corrected chi connectivity index (χ1v) is 8.52. The van der Waals surface area contributed by atoms with Crippen LogP contribution >= 0.6 is 15.9 Å². The number of rotatable bonds is 5. The van der Waals surface area contributed by atoms with Gasteiger partial charge in [-0.05, 0) is 48.7 Å². The largest absolute Gasteiger partial charge is 0.349 e. The molecule has 0 fully saturated rings. The number of halogens is 1. The summed E-state index contributed by atoms with van der Waals surface area (Å²) in [7, 11) is 3.51. The van der Waals surface area contributed by atoms with Crippen molar-refractivity contribution in [2.75, 3.05) is 19.4 Å². The Hall–Kier alpha value is -2.14. The molecule has 2 amide bonds. The molecule has 2 aromatic carbocycles. The molecule has 0 aromatic heterocycles. The zero-order valence-corrected chi connectivity index (χ0v) is 15.7. The summed E-state index contributed by atoms with van der Waals surface area (Å²) in [6.45, 7) is 1.98. The van der Waals surface area contributed by atoms with E-state index in [2.05, 4.69) is 21.2 Å². The van der Waals surface area contributed by atoms with E-state index in [4.69, 9.17) is 0 Å². The summed E-state index contributed by atoms with van der Waals surface area (Å²) in [5.41, 5.74) is 3.50. The van der Waals surface area contributed by atoms with E-state index in [1.807, 2.05) is 43.3 Å². The summed E-state index contributed by atoms with van der Waals surface area (Å²) in [6, 6.07) is 13.1. The minimum absolute atomic E-state index is 0.109. The number of nitrogens with one attached hydrogen (secondary N) is 1. The lowest BCUT2D eigenvalue weighted by molar-refractivity contribution is -0.128. The second-order valence-corrected chi connectivity index (χ2v) is 6.76. The van der Waals surface area contributed by atoms with Crippen molar-refractivity contribution in [3.8, 4) is 0 Å². The SMILES string of the molecule is Cc1ccc(C(=O)Nc2ccc(CCC(=O)N(C)C)cc2)cc1Br. The zero-order chi connectivity index (χ0) is 17.7. The molecule has 2 aromatic rings. The predicted octanol–water partition coefficient (Wildman–Crippen LogP) is 4.03. The molecule has 0 unspecified atom stereocenters. The summed E-state index contributed by atoms with van der Waals surface area (Å²) < 4.78 is 0.913. The van der Waals surface area contributed by atoms with Crippen LogP contribution in [0.1, 0.15) is 27.9 Å². The molecule has 1 N–H and O–H groups in total. The van der Waals surface area contributed by atoms with Crippen LogP contribution < -0.4 is 5.32 Å². The second kappa shape index (κ2) is 8.11. The Morgan fingerprint density at radius 2 is 1.75 bits per heavy atom. The quantitative estimate of drug-likeness (QED) is 0.840. The van der Waals surface area contributed by atoms with Gasteiger partial charge >= 0.3 is 0 Å². The van der Waals surface area contributed by atoms with Crippen LogP contribution in [0.3, 0.4) is 0 Å². The van der Waals surface area contributed by atoms with Crippen molar-refractivity contribution in [1.82, 2.24) is 4.90 Å². The average molecular weight is 389 g/mol. The van der Waals surface area contributed by atoms with Gasteiger partial charge in [0.1, 0.15) is 0 Å². The van der Waals surface area contributed by atoms with Gasteiger partial charge < -0.3 is 10.2 Å². The first-order chi connectivity index (χ1) is 11.4. The van der Waals surface area contributed by atoms with Gasteiger partial charge in [-0.2, -0.15) is 0 Å². The van der Waals surface area contributed by atoms with Crippen LogP contribution in [0.4, 0.5) is 5.69 Å². The van der Waals surface area contributed by atoms with Gasteiger partial charge in [0.05, 0.1) is 0 Å². The summed E-state index contributed by atoms with van der Waals surface area (Å²) in [4.78, 5) is 25.5. The molecule has 0 saturated carbocycles. The van der Waals surface area contributed by atoms with Crippen LogP contribution in [-0.2, 0) is 11.2 Å². The van der Waals surface area contributed by atoms with Gasteiger partial charge in [-0.15, -0.1) is 0 Å². The summed E-state index contributed by atoms with van der Waals surface area (Å²) in [5, 5.41) is 2.88. The van der Waals surface area contributed by atoms with Crippen LogP contribution in [0.2, 0.25) is 0 Å². The average Bonchev–Trinajstić information content (AvgIpc) is 2.56. The van der Waals surface area contributed by atoms with Crippen LogP contribution in [0.15, 0.2) is 46.9 Å². The van der Waals surface area contributed by atoms with Crippen molar-refractivity contribution in [3.05, 3.63) is 63.6 Å². The van der Waals surface area contributed by atoms with Crippen molar-refractivity contribution in [1.29, 1.82) is 0 Å². The highest BCUT2D eigenvalue weighted by atomic mass is 79.9. The third-order valence-electron chi connectivity index (χ3n) is 3.77. The van der Waals surface area contributed by atoms with Crippen LogP contribution in [0.25, 0.3) is 0 Å². The molecule has 0 aliphatic heterocycles. The number of nitrogens with zero attached hydrogens (tertiary/aromatic N) is 1. The number of hydrogen-bond acceptors (Lipinski definition) is 2. The minimum atomic E-state index is -0.147. The van der Waals surface area contributed by atoms with Gasteiger partial charge in [-0.3, -0.25) is 9.59 Å². The molecule has 0 heterocycles. The maximum Gasteiger partial charge on any atom is 0.255 e. The Morgan fingerprint density at radius 3 is 2.33 bits per heavy atom. The molecule has 4 nitrogen and oxygen atoms in total. The molecule has 0 spiro atoms. The molecule has 0 bridgehead atoms. The van der Waals surface area contributed by atoms with Gasteiger partial charge in [0.2, 0.25) is 5.91 Å². The molecule has 2 rings (SSSR count). The molecule has 5 heteroatoms. The van der Waals surface area contributed by atoms with E-state index in [1.54, 1.807) is 25.1 Å². The highest BCUT2D eigenvalue weighted by molar-refractivity contribution is 9.10. The predicted molar refractivity (Wildman–Crippen MR) is 100 cm³/mol. The maximum atomic E-state index is 12.3. The third kappa shape index (κ3) is 4.93. The van der Waals surface area contributed by atoms with E-state index in [0.717, 1.165) is 21.3 Å². The molecule has 0 radical (unpaired) electrons. The van der Waals surface area contributed by atoms with Gasteiger partial charge in [-0.1, -0.05) is 34.1 Å². The number of anilines is 1. The second-order valence-electron chi connectivity index (χ2n) is 5.90. The van der Waals surface area contributed by atoms with E-state index in [1.165, 1.54) is 0 Å². The van der Waals surface area contributed by atoms with Crippen molar-refractivity contribution in [3.63, 3.8) is 0 Å². The Morgan fingerprint density at radius 1 is 1.08 bits per heavy atom. The number of hydrogen-bond donors (Lipinski definition) is 1. The highest BCUT2D eigenvalue weighted by Crippen LogP contribution is 2.19. The molecular weight excluding hydrogens is 368 g/mol. The van der Waals surface area contributed by atoms with Crippen molar-refractivity contribution >= 4 is 33.4 Å². The third-order valence-corrected chi connectivity index (χ3v) is 4.63. The lowest BCUT2D eigenvalue weighted by Gasteiger charge is -2.10. The first-order valence-electron chi connectivity index (χ1n) is 7.73. The number of amides is 2. The molecule has 126 valence electrons. The first kappa shape index (κ1) is 18.2. The van der Waals surface area contributed by atoms with E-state index >= 15 is 0 Å².